The van der Waals surface area contributed by atoms with Crippen LogP contribution in [0.25, 0.3) is 0 Å². The van der Waals surface area contributed by atoms with Gasteiger partial charge in [0.2, 0.25) is 0 Å². The molecule has 1 aromatic heterocycles. The third kappa shape index (κ3) is 3.33. The summed E-state index contributed by atoms with van der Waals surface area (Å²) in [6.45, 7) is 0. The molecule has 3 aromatic rings. The topological polar surface area (TPSA) is 43.3 Å². The molecule has 24 heavy (non-hydrogen) atoms. The zero-order valence-electron chi connectivity index (χ0n) is 13.8. The molecule has 1 amide bonds. The van der Waals surface area contributed by atoms with Crippen LogP contribution in [-0.4, -0.2) is 17.6 Å². The summed E-state index contributed by atoms with van der Waals surface area (Å²) in [5.41, 5.74) is 2.67. The van der Waals surface area contributed by atoms with Gasteiger partial charge in [0.05, 0.1) is 13.2 Å². The Hall–Kier alpha value is -3.01. The molecule has 4 heteroatoms. The van der Waals surface area contributed by atoms with Crippen molar-refractivity contribution in [2.24, 2.45) is 7.05 Å². The van der Waals surface area contributed by atoms with Gasteiger partial charge in [0, 0.05) is 13.2 Å². The number of benzene rings is 2. The number of aromatic nitrogens is 1. The van der Waals surface area contributed by atoms with Gasteiger partial charge < -0.3 is 14.6 Å². The van der Waals surface area contributed by atoms with Crippen molar-refractivity contribution in [3.63, 3.8) is 0 Å². The molecule has 0 aliphatic heterocycles. The molecule has 0 aliphatic rings. The molecular weight excluding hydrogens is 300 g/mol. The molecule has 0 radical (unpaired) electrons. The summed E-state index contributed by atoms with van der Waals surface area (Å²) < 4.78 is 7.03. The molecule has 0 saturated heterocycles. The second kappa shape index (κ2) is 7.04. The van der Waals surface area contributed by atoms with E-state index in [9.17, 15) is 4.79 Å². The Morgan fingerprint density at radius 2 is 1.62 bits per heavy atom. The number of hydrogen-bond donors (Lipinski definition) is 1. The lowest BCUT2D eigenvalue weighted by Crippen LogP contribution is -2.30. The Morgan fingerprint density at radius 3 is 2.21 bits per heavy atom. The maximum Gasteiger partial charge on any atom is 0.268 e. The van der Waals surface area contributed by atoms with Crippen molar-refractivity contribution in [1.29, 1.82) is 0 Å². The van der Waals surface area contributed by atoms with E-state index < -0.39 is 0 Å². The molecule has 122 valence electrons. The van der Waals surface area contributed by atoms with Crippen LogP contribution >= 0.6 is 0 Å². The smallest absolute Gasteiger partial charge is 0.268 e. The summed E-state index contributed by atoms with van der Waals surface area (Å²) in [6.07, 6.45) is 1.86. The van der Waals surface area contributed by atoms with Gasteiger partial charge in [-0.3, -0.25) is 4.79 Å². The maximum absolute atomic E-state index is 12.7. The van der Waals surface area contributed by atoms with Gasteiger partial charge in [-0.15, -0.1) is 0 Å². The van der Waals surface area contributed by atoms with Crippen LogP contribution in [0.4, 0.5) is 0 Å². The minimum Gasteiger partial charge on any atom is -0.497 e. The molecule has 3 rings (SSSR count). The fourth-order valence-electron chi connectivity index (χ4n) is 2.70. The number of hydrogen-bond acceptors (Lipinski definition) is 2. The van der Waals surface area contributed by atoms with Crippen LogP contribution in [0.3, 0.4) is 0 Å². The van der Waals surface area contributed by atoms with Crippen molar-refractivity contribution in [3.05, 3.63) is 89.7 Å². The molecule has 1 heterocycles. The Kier molecular flexibility index (Phi) is 4.66. The van der Waals surface area contributed by atoms with E-state index in [-0.39, 0.29) is 11.9 Å². The SMILES string of the molecule is COc1ccc(C(NC(=O)c2cccn2C)c2ccccc2)cc1. The van der Waals surface area contributed by atoms with E-state index in [1.807, 2.05) is 84.5 Å². The van der Waals surface area contributed by atoms with Crippen LogP contribution in [0.2, 0.25) is 0 Å². The fourth-order valence-corrected chi connectivity index (χ4v) is 2.70. The van der Waals surface area contributed by atoms with Crippen LogP contribution in [0.1, 0.15) is 27.7 Å². The maximum atomic E-state index is 12.7. The van der Waals surface area contributed by atoms with Crippen molar-refractivity contribution < 1.29 is 9.53 Å². The number of ether oxygens (including phenoxy) is 1. The van der Waals surface area contributed by atoms with Gasteiger partial charge in [-0.05, 0) is 35.4 Å². The first-order valence-corrected chi connectivity index (χ1v) is 7.80. The summed E-state index contributed by atoms with van der Waals surface area (Å²) >= 11 is 0. The Morgan fingerprint density at radius 1 is 0.958 bits per heavy atom. The van der Waals surface area contributed by atoms with Crippen LogP contribution in [0.5, 0.6) is 5.75 Å². The average Bonchev–Trinajstić information content (AvgIpc) is 3.06. The van der Waals surface area contributed by atoms with Crippen molar-refractivity contribution in [2.75, 3.05) is 7.11 Å². The van der Waals surface area contributed by atoms with Gasteiger partial charge in [0.15, 0.2) is 0 Å². The Labute approximate surface area is 141 Å². The summed E-state index contributed by atoms with van der Waals surface area (Å²) in [5, 5.41) is 3.13. The van der Waals surface area contributed by atoms with Crippen molar-refractivity contribution in [1.82, 2.24) is 9.88 Å². The zero-order valence-corrected chi connectivity index (χ0v) is 13.8. The Bertz CT molecular complexity index is 807. The molecular formula is C20H20N2O2. The Balaban J connectivity index is 1.93. The monoisotopic (exact) mass is 320 g/mol. The van der Waals surface area contributed by atoms with Gasteiger partial charge in [0.25, 0.3) is 5.91 Å². The third-order valence-electron chi connectivity index (χ3n) is 4.03. The summed E-state index contributed by atoms with van der Waals surface area (Å²) in [6, 6.07) is 21.1. The standard InChI is InChI=1S/C20H20N2O2/c1-22-14-6-9-18(22)20(23)21-19(15-7-4-3-5-8-15)16-10-12-17(24-2)13-11-16/h3-14,19H,1-2H3,(H,21,23). The van der Waals surface area contributed by atoms with Crippen LogP contribution in [0, 0.1) is 0 Å². The molecule has 1 unspecified atom stereocenters. The lowest BCUT2D eigenvalue weighted by Gasteiger charge is -2.20. The third-order valence-corrected chi connectivity index (χ3v) is 4.03. The molecule has 1 atom stereocenters. The van der Waals surface area contributed by atoms with E-state index in [1.165, 1.54) is 0 Å². The summed E-state index contributed by atoms with van der Waals surface area (Å²) in [4.78, 5) is 12.7. The van der Waals surface area contributed by atoms with Crippen molar-refractivity contribution in [3.8, 4) is 5.75 Å². The zero-order chi connectivity index (χ0) is 16.9. The van der Waals surface area contributed by atoms with E-state index >= 15 is 0 Å². The first-order valence-electron chi connectivity index (χ1n) is 7.80. The largest absolute Gasteiger partial charge is 0.497 e. The highest BCUT2D eigenvalue weighted by molar-refractivity contribution is 5.93. The van der Waals surface area contributed by atoms with E-state index in [2.05, 4.69) is 5.32 Å². The van der Waals surface area contributed by atoms with Crippen molar-refractivity contribution in [2.45, 2.75) is 6.04 Å². The molecule has 4 nitrogen and oxygen atoms in total. The van der Waals surface area contributed by atoms with E-state index in [0.29, 0.717) is 5.69 Å². The number of carbonyl (C=O) groups excluding carboxylic acids is 1. The van der Waals surface area contributed by atoms with Gasteiger partial charge >= 0.3 is 0 Å². The number of rotatable bonds is 5. The van der Waals surface area contributed by atoms with Gasteiger partial charge in [-0.1, -0.05) is 42.5 Å². The normalized spacial score (nSPS) is 11.8. The minimum atomic E-state index is -0.223. The van der Waals surface area contributed by atoms with Gasteiger partial charge in [-0.25, -0.2) is 0 Å². The van der Waals surface area contributed by atoms with Crippen molar-refractivity contribution >= 4 is 5.91 Å². The lowest BCUT2D eigenvalue weighted by molar-refractivity contribution is 0.0935. The average molecular weight is 320 g/mol. The quantitative estimate of drug-likeness (QED) is 0.781. The molecule has 0 aliphatic carbocycles. The van der Waals surface area contributed by atoms with Gasteiger partial charge in [-0.2, -0.15) is 0 Å². The van der Waals surface area contributed by atoms with E-state index in [0.717, 1.165) is 16.9 Å². The fraction of sp³-hybridized carbons (Fsp3) is 0.150. The van der Waals surface area contributed by atoms with Gasteiger partial charge in [0.1, 0.15) is 11.4 Å². The predicted octanol–water partition coefficient (Wildman–Crippen LogP) is 3.55. The van der Waals surface area contributed by atoms with Crippen LogP contribution in [0.15, 0.2) is 72.9 Å². The number of carbonyl (C=O) groups is 1. The highest BCUT2D eigenvalue weighted by Gasteiger charge is 2.19. The second-order valence-electron chi connectivity index (χ2n) is 5.59. The number of methoxy groups -OCH3 is 1. The lowest BCUT2D eigenvalue weighted by atomic mass is 9.98. The summed E-state index contributed by atoms with van der Waals surface area (Å²) in [7, 11) is 3.50. The van der Waals surface area contributed by atoms with Crippen LogP contribution in [-0.2, 0) is 7.05 Å². The number of aryl methyl sites for hydroxylation is 1. The highest BCUT2D eigenvalue weighted by atomic mass is 16.5. The highest BCUT2D eigenvalue weighted by Crippen LogP contribution is 2.24. The molecule has 0 bridgehead atoms. The number of nitrogens with zero attached hydrogens (tertiary/aromatic N) is 1. The molecule has 2 aromatic carbocycles. The molecule has 1 N–H and O–H groups in total. The molecule has 0 fully saturated rings. The second-order valence-corrected chi connectivity index (χ2v) is 5.59. The first-order chi connectivity index (χ1) is 11.7. The molecule has 0 saturated carbocycles. The predicted molar refractivity (Wildman–Crippen MR) is 94.2 cm³/mol. The minimum absolute atomic E-state index is 0.104. The van der Waals surface area contributed by atoms with Crippen LogP contribution < -0.4 is 10.1 Å². The van der Waals surface area contributed by atoms with E-state index in [4.69, 9.17) is 4.74 Å². The summed E-state index contributed by atoms with van der Waals surface area (Å²) in [5.74, 6) is 0.687. The van der Waals surface area contributed by atoms with E-state index in [1.54, 1.807) is 7.11 Å². The first kappa shape index (κ1) is 15.9. The number of amides is 1. The molecule has 0 spiro atoms. The number of nitrogens with one attached hydrogen (secondary N) is 1.